The van der Waals surface area contributed by atoms with Gasteiger partial charge in [-0.25, -0.2) is 0 Å². The smallest absolute Gasteiger partial charge is 0.135 e. The van der Waals surface area contributed by atoms with Crippen LogP contribution in [-0.4, -0.2) is 0 Å². The maximum Gasteiger partial charge on any atom is 0.135 e. The summed E-state index contributed by atoms with van der Waals surface area (Å²) in [5.74, 6) is 0. The number of rotatable bonds is 6. The second kappa shape index (κ2) is 14.4. The van der Waals surface area contributed by atoms with Crippen molar-refractivity contribution in [3.8, 4) is 44.5 Å². The lowest BCUT2D eigenvalue weighted by atomic mass is 9.82. The van der Waals surface area contributed by atoms with Gasteiger partial charge in [0.25, 0.3) is 0 Å². The Balaban J connectivity index is 1.13. The topological polar surface area (TPSA) is 16.4 Å². The van der Waals surface area contributed by atoms with E-state index in [0.29, 0.717) is 0 Å². The zero-order valence-electron chi connectivity index (χ0n) is 36.2. The van der Waals surface area contributed by atoms with Crippen LogP contribution < -0.4 is 4.90 Å². The molecule has 0 fully saturated rings. The Morgan fingerprint density at radius 2 is 0.815 bits per heavy atom. The predicted octanol–water partition coefficient (Wildman–Crippen LogP) is 17.8. The number of furan rings is 1. The molecule has 306 valence electrons. The standard InChI is InChI=1S/C63H43NO/c1-63(2)58-26-14-12-24-51(58)52-34-32-44(37-59(52)63)64(43-33-35-62-57(36-43)53-25-13-15-27-61(53)65-62)60-39-55-50-23-11-9-21-48(50)47-20-8-10-22-49(47)54(55)38-56(60)46-19-7-6-18-45(46)42-30-28-41(29-31-42)40-16-4-3-5-17-40/h3-39H,1-2H3. The molecule has 1 aliphatic rings. The molecule has 0 spiro atoms. The van der Waals surface area contributed by atoms with E-state index in [1.54, 1.807) is 0 Å². The van der Waals surface area contributed by atoms with E-state index in [4.69, 9.17) is 4.42 Å². The fourth-order valence-corrected chi connectivity index (χ4v) is 10.9. The number of fused-ring (bicyclic) bond motifs is 12. The number of nitrogens with zero attached hydrogens (tertiary/aromatic N) is 1. The maximum atomic E-state index is 6.44. The summed E-state index contributed by atoms with van der Waals surface area (Å²) >= 11 is 0. The van der Waals surface area contributed by atoms with E-state index in [2.05, 4.69) is 237 Å². The number of hydrogen-bond donors (Lipinski definition) is 0. The van der Waals surface area contributed by atoms with Gasteiger partial charge in [-0.15, -0.1) is 0 Å². The van der Waals surface area contributed by atoms with Crippen LogP contribution in [-0.2, 0) is 5.41 Å². The van der Waals surface area contributed by atoms with E-state index in [0.717, 1.165) is 44.6 Å². The normalized spacial score (nSPS) is 12.9. The number of benzene rings is 11. The minimum atomic E-state index is -0.182. The van der Waals surface area contributed by atoms with Crippen LogP contribution in [0.1, 0.15) is 25.0 Å². The van der Waals surface area contributed by atoms with Gasteiger partial charge in [0.1, 0.15) is 11.2 Å². The van der Waals surface area contributed by atoms with E-state index in [1.165, 1.54) is 82.4 Å². The second-order valence-corrected chi connectivity index (χ2v) is 18.0. The van der Waals surface area contributed by atoms with Gasteiger partial charge in [0.05, 0.1) is 5.69 Å². The quantitative estimate of drug-likeness (QED) is 0.155. The zero-order valence-corrected chi connectivity index (χ0v) is 36.2. The van der Waals surface area contributed by atoms with Crippen LogP contribution in [0.4, 0.5) is 17.1 Å². The average molecular weight is 830 g/mol. The van der Waals surface area contributed by atoms with E-state index in [-0.39, 0.29) is 5.41 Å². The van der Waals surface area contributed by atoms with E-state index >= 15 is 0 Å². The van der Waals surface area contributed by atoms with Crippen LogP contribution in [0.2, 0.25) is 0 Å². The molecule has 0 radical (unpaired) electrons. The lowest BCUT2D eigenvalue weighted by molar-refractivity contribution is 0.660. The summed E-state index contributed by atoms with van der Waals surface area (Å²) in [6.45, 7) is 4.74. The van der Waals surface area contributed by atoms with Gasteiger partial charge in [-0.2, -0.15) is 0 Å². The fraction of sp³-hybridized carbons (Fsp3) is 0.0476. The van der Waals surface area contributed by atoms with Crippen molar-refractivity contribution >= 4 is 71.3 Å². The molecule has 0 saturated heterocycles. The van der Waals surface area contributed by atoms with Gasteiger partial charge >= 0.3 is 0 Å². The predicted molar refractivity (Wildman–Crippen MR) is 275 cm³/mol. The molecule has 1 aromatic heterocycles. The van der Waals surface area contributed by atoms with Crippen molar-refractivity contribution in [3.05, 3.63) is 236 Å². The highest BCUT2D eigenvalue weighted by Gasteiger charge is 2.36. The lowest BCUT2D eigenvalue weighted by Crippen LogP contribution is -2.17. The van der Waals surface area contributed by atoms with Gasteiger partial charge in [0.2, 0.25) is 0 Å². The third kappa shape index (κ3) is 5.81. The van der Waals surface area contributed by atoms with Gasteiger partial charge < -0.3 is 9.32 Å². The second-order valence-electron chi connectivity index (χ2n) is 18.0. The van der Waals surface area contributed by atoms with Crippen LogP contribution in [0.3, 0.4) is 0 Å². The Morgan fingerprint density at radius 1 is 0.308 bits per heavy atom. The Morgan fingerprint density at radius 3 is 1.55 bits per heavy atom. The van der Waals surface area contributed by atoms with Gasteiger partial charge in [0.15, 0.2) is 0 Å². The highest BCUT2D eigenvalue weighted by molar-refractivity contribution is 6.27. The molecule has 0 N–H and O–H groups in total. The van der Waals surface area contributed by atoms with Crippen molar-refractivity contribution in [2.24, 2.45) is 0 Å². The molecule has 1 heterocycles. The number of para-hydroxylation sites is 1. The van der Waals surface area contributed by atoms with Gasteiger partial charge in [-0.1, -0.05) is 190 Å². The molecule has 1 aliphatic carbocycles. The van der Waals surface area contributed by atoms with Crippen molar-refractivity contribution in [2.45, 2.75) is 19.3 Å². The van der Waals surface area contributed by atoms with E-state index in [9.17, 15) is 0 Å². The highest BCUT2D eigenvalue weighted by Crippen LogP contribution is 2.53. The first-order valence-electron chi connectivity index (χ1n) is 22.6. The minimum Gasteiger partial charge on any atom is -0.456 e. The first-order chi connectivity index (χ1) is 32.0. The van der Waals surface area contributed by atoms with Crippen molar-refractivity contribution in [1.82, 2.24) is 0 Å². The molecule has 65 heavy (non-hydrogen) atoms. The van der Waals surface area contributed by atoms with Gasteiger partial charge in [-0.3, -0.25) is 0 Å². The summed E-state index contributed by atoms with van der Waals surface area (Å²) in [4.78, 5) is 2.51. The fourth-order valence-electron chi connectivity index (χ4n) is 10.9. The van der Waals surface area contributed by atoms with Crippen molar-refractivity contribution in [1.29, 1.82) is 0 Å². The highest BCUT2D eigenvalue weighted by atomic mass is 16.3. The lowest BCUT2D eigenvalue weighted by Gasteiger charge is -2.31. The monoisotopic (exact) mass is 829 g/mol. The molecule has 0 bridgehead atoms. The van der Waals surface area contributed by atoms with Crippen molar-refractivity contribution < 1.29 is 4.42 Å². The molecule has 13 rings (SSSR count). The molecule has 0 saturated carbocycles. The van der Waals surface area contributed by atoms with E-state index < -0.39 is 0 Å². The molecular formula is C63H43NO. The Hall–Kier alpha value is -8.20. The van der Waals surface area contributed by atoms with Crippen LogP contribution in [0.5, 0.6) is 0 Å². The molecule has 12 aromatic rings. The molecule has 11 aromatic carbocycles. The summed E-state index contributed by atoms with van der Waals surface area (Å²) < 4.78 is 6.44. The third-order valence-electron chi connectivity index (χ3n) is 14.1. The Labute approximate surface area is 378 Å². The molecule has 0 atom stereocenters. The first kappa shape index (κ1) is 37.4. The largest absolute Gasteiger partial charge is 0.456 e. The van der Waals surface area contributed by atoms with Crippen molar-refractivity contribution in [2.75, 3.05) is 4.90 Å². The van der Waals surface area contributed by atoms with Crippen LogP contribution in [0, 0.1) is 0 Å². The molecule has 0 amide bonds. The molecule has 0 unspecified atom stereocenters. The van der Waals surface area contributed by atoms with Gasteiger partial charge in [0, 0.05) is 33.1 Å². The van der Waals surface area contributed by atoms with E-state index in [1.807, 2.05) is 6.07 Å². The Kier molecular flexibility index (Phi) is 8.29. The van der Waals surface area contributed by atoms with Crippen LogP contribution >= 0.6 is 0 Å². The minimum absolute atomic E-state index is 0.182. The summed E-state index contributed by atoms with van der Waals surface area (Å²) in [5.41, 5.74) is 17.2. The van der Waals surface area contributed by atoms with Crippen molar-refractivity contribution in [3.63, 3.8) is 0 Å². The SMILES string of the molecule is CC1(C)c2ccccc2-c2ccc(N(c3ccc4oc5ccccc5c4c3)c3cc4c5ccccc5c5ccccc5c4cc3-c3ccccc3-c3ccc(-c4ccccc4)cc3)cc21. The molecule has 2 nitrogen and oxygen atoms in total. The number of hydrogen-bond acceptors (Lipinski definition) is 2. The molecule has 0 aliphatic heterocycles. The summed E-state index contributed by atoms with van der Waals surface area (Å²) in [6, 6.07) is 82.5. The number of anilines is 3. The van der Waals surface area contributed by atoms with Crippen LogP contribution in [0.15, 0.2) is 229 Å². The molecule has 2 heteroatoms. The van der Waals surface area contributed by atoms with Crippen LogP contribution in [0.25, 0.3) is 98.8 Å². The van der Waals surface area contributed by atoms with Gasteiger partial charge in [-0.05, 0) is 131 Å². The zero-order chi connectivity index (χ0) is 43.2. The Bertz CT molecular complexity index is 3860. The maximum absolute atomic E-state index is 6.44. The average Bonchev–Trinajstić information content (AvgIpc) is 3.85. The third-order valence-corrected chi connectivity index (χ3v) is 14.1. The molecular weight excluding hydrogens is 787 g/mol. The first-order valence-corrected chi connectivity index (χ1v) is 22.6. The summed E-state index contributed by atoms with van der Waals surface area (Å²) in [6.07, 6.45) is 0. The summed E-state index contributed by atoms with van der Waals surface area (Å²) in [7, 11) is 0. The summed E-state index contributed by atoms with van der Waals surface area (Å²) in [5, 5.41) is 9.64.